The third-order valence-electron chi connectivity index (χ3n) is 4.21. The zero-order valence-corrected chi connectivity index (χ0v) is 15.1. The van der Waals surface area contributed by atoms with Gasteiger partial charge in [0.1, 0.15) is 0 Å². The molecule has 0 unspecified atom stereocenters. The van der Waals surface area contributed by atoms with E-state index >= 15 is 0 Å². The van der Waals surface area contributed by atoms with Gasteiger partial charge >= 0.3 is 0 Å². The molecule has 0 aliphatic heterocycles. The maximum absolute atomic E-state index is 12.4. The molecule has 2 heterocycles. The Kier molecular flexibility index (Phi) is 3.86. The van der Waals surface area contributed by atoms with Crippen molar-refractivity contribution < 1.29 is 8.42 Å². The lowest BCUT2D eigenvalue weighted by Crippen LogP contribution is -2.22. The smallest absolute Gasteiger partial charge is 0.242 e. The summed E-state index contributed by atoms with van der Waals surface area (Å²) in [4.78, 5) is 4.56. The highest BCUT2D eigenvalue weighted by Crippen LogP contribution is 2.29. The highest BCUT2D eigenvalue weighted by atomic mass is 32.2. The third kappa shape index (κ3) is 2.79. The lowest BCUT2D eigenvalue weighted by atomic mass is 10.1. The summed E-state index contributed by atoms with van der Waals surface area (Å²) in [6.45, 7) is 0. The van der Waals surface area contributed by atoms with Crippen molar-refractivity contribution in [3.8, 4) is 0 Å². The SMILES string of the molecule is CN(C)S(=O)(=O)c1ccc2nccc(Nc3ccc4cn[nH]c4c3)c2c1. The number of anilines is 2. The second kappa shape index (κ2) is 6.08. The van der Waals surface area contributed by atoms with E-state index in [9.17, 15) is 8.42 Å². The Labute approximate surface area is 150 Å². The summed E-state index contributed by atoms with van der Waals surface area (Å²) in [5.74, 6) is 0. The lowest BCUT2D eigenvalue weighted by Gasteiger charge is -2.14. The van der Waals surface area contributed by atoms with Crippen LogP contribution in [0.1, 0.15) is 0 Å². The van der Waals surface area contributed by atoms with Crippen molar-refractivity contribution in [2.24, 2.45) is 0 Å². The molecule has 132 valence electrons. The molecule has 0 aliphatic carbocycles. The van der Waals surface area contributed by atoms with Gasteiger partial charge in [-0.15, -0.1) is 0 Å². The first-order valence-corrected chi connectivity index (χ1v) is 9.40. The molecule has 7 nitrogen and oxygen atoms in total. The summed E-state index contributed by atoms with van der Waals surface area (Å²) < 4.78 is 26.1. The fourth-order valence-electron chi connectivity index (χ4n) is 2.78. The van der Waals surface area contributed by atoms with E-state index in [0.29, 0.717) is 0 Å². The first-order valence-electron chi connectivity index (χ1n) is 7.96. The maximum atomic E-state index is 12.4. The van der Waals surface area contributed by atoms with Gasteiger partial charge in [0.15, 0.2) is 0 Å². The van der Waals surface area contributed by atoms with Crippen LogP contribution in [0.5, 0.6) is 0 Å². The van der Waals surface area contributed by atoms with Crippen LogP contribution < -0.4 is 5.32 Å². The van der Waals surface area contributed by atoms with Crippen LogP contribution in [-0.4, -0.2) is 42.0 Å². The quantitative estimate of drug-likeness (QED) is 0.578. The van der Waals surface area contributed by atoms with E-state index in [4.69, 9.17) is 0 Å². The molecular weight excluding hydrogens is 350 g/mol. The Morgan fingerprint density at radius 2 is 1.92 bits per heavy atom. The molecule has 4 aromatic rings. The van der Waals surface area contributed by atoms with Crippen LogP contribution in [0.4, 0.5) is 11.4 Å². The number of sulfonamides is 1. The van der Waals surface area contributed by atoms with Gasteiger partial charge in [0, 0.05) is 42.4 Å². The van der Waals surface area contributed by atoms with Gasteiger partial charge < -0.3 is 5.32 Å². The van der Waals surface area contributed by atoms with Crippen LogP contribution in [-0.2, 0) is 10.0 Å². The molecule has 0 fully saturated rings. The zero-order chi connectivity index (χ0) is 18.3. The number of H-pyrrole nitrogens is 1. The second-order valence-corrected chi connectivity index (χ2v) is 8.27. The Morgan fingerprint density at radius 3 is 2.73 bits per heavy atom. The first-order chi connectivity index (χ1) is 12.4. The first kappa shape index (κ1) is 16.5. The summed E-state index contributed by atoms with van der Waals surface area (Å²) in [7, 11) is -0.484. The number of pyridine rings is 1. The Balaban J connectivity index is 1.81. The molecule has 0 amide bonds. The molecular formula is C18H17N5O2S. The topological polar surface area (TPSA) is 91.0 Å². The Bertz CT molecular complexity index is 1210. The molecule has 0 saturated carbocycles. The maximum Gasteiger partial charge on any atom is 0.242 e. The van der Waals surface area contributed by atoms with Crippen LogP contribution >= 0.6 is 0 Å². The lowest BCUT2D eigenvalue weighted by molar-refractivity contribution is 0.521. The van der Waals surface area contributed by atoms with Gasteiger partial charge in [0.2, 0.25) is 10.0 Å². The third-order valence-corrected chi connectivity index (χ3v) is 6.02. The van der Waals surface area contributed by atoms with Crippen molar-refractivity contribution in [1.29, 1.82) is 0 Å². The van der Waals surface area contributed by atoms with E-state index in [1.54, 1.807) is 30.6 Å². The monoisotopic (exact) mass is 367 g/mol. The van der Waals surface area contributed by atoms with Crippen LogP contribution in [0.25, 0.3) is 21.8 Å². The van der Waals surface area contributed by atoms with Gasteiger partial charge in [0.25, 0.3) is 0 Å². The van der Waals surface area contributed by atoms with E-state index in [0.717, 1.165) is 33.2 Å². The van der Waals surface area contributed by atoms with Crippen LogP contribution in [0, 0.1) is 0 Å². The van der Waals surface area contributed by atoms with E-state index in [1.165, 1.54) is 18.4 Å². The normalized spacial score (nSPS) is 12.1. The minimum absolute atomic E-state index is 0.232. The molecule has 2 N–H and O–H groups in total. The van der Waals surface area contributed by atoms with E-state index in [1.807, 2.05) is 24.3 Å². The van der Waals surface area contributed by atoms with Gasteiger partial charge in [-0.05, 0) is 42.5 Å². The van der Waals surface area contributed by atoms with Gasteiger partial charge in [0.05, 0.1) is 22.1 Å². The molecule has 0 radical (unpaired) electrons. The van der Waals surface area contributed by atoms with Gasteiger partial charge in [-0.3, -0.25) is 10.1 Å². The number of hydrogen-bond acceptors (Lipinski definition) is 5. The largest absolute Gasteiger partial charge is 0.355 e. The number of nitrogens with zero attached hydrogens (tertiary/aromatic N) is 3. The van der Waals surface area contributed by atoms with E-state index in [-0.39, 0.29) is 4.90 Å². The highest BCUT2D eigenvalue weighted by Gasteiger charge is 2.18. The van der Waals surface area contributed by atoms with Crippen molar-refractivity contribution in [3.05, 3.63) is 54.9 Å². The summed E-state index contributed by atoms with van der Waals surface area (Å²) in [6, 6.07) is 12.6. The van der Waals surface area contributed by atoms with Crippen molar-refractivity contribution >= 4 is 43.2 Å². The Hall–Kier alpha value is -2.97. The fraction of sp³-hybridized carbons (Fsp3) is 0.111. The highest BCUT2D eigenvalue weighted by molar-refractivity contribution is 7.89. The molecule has 8 heteroatoms. The molecule has 2 aromatic heterocycles. The summed E-state index contributed by atoms with van der Waals surface area (Å²) in [5, 5.41) is 12.1. The number of aromatic nitrogens is 3. The van der Waals surface area contributed by atoms with Gasteiger partial charge in [-0.25, -0.2) is 12.7 Å². The van der Waals surface area contributed by atoms with Crippen molar-refractivity contribution in [2.75, 3.05) is 19.4 Å². The molecule has 26 heavy (non-hydrogen) atoms. The molecule has 0 bridgehead atoms. The zero-order valence-electron chi connectivity index (χ0n) is 14.3. The fourth-order valence-corrected chi connectivity index (χ4v) is 3.70. The van der Waals surface area contributed by atoms with Crippen LogP contribution in [0.2, 0.25) is 0 Å². The number of aromatic amines is 1. The van der Waals surface area contributed by atoms with Crippen LogP contribution in [0.3, 0.4) is 0 Å². The predicted octanol–water partition coefficient (Wildman–Crippen LogP) is 3.11. The summed E-state index contributed by atoms with van der Waals surface area (Å²) in [6.07, 6.45) is 3.46. The summed E-state index contributed by atoms with van der Waals surface area (Å²) >= 11 is 0. The predicted molar refractivity (Wildman–Crippen MR) is 102 cm³/mol. The van der Waals surface area contributed by atoms with Crippen molar-refractivity contribution in [3.63, 3.8) is 0 Å². The second-order valence-electron chi connectivity index (χ2n) is 6.12. The van der Waals surface area contributed by atoms with Gasteiger partial charge in [-0.2, -0.15) is 5.10 Å². The molecule has 2 aromatic carbocycles. The molecule has 0 aliphatic rings. The van der Waals surface area contributed by atoms with Gasteiger partial charge in [-0.1, -0.05) is 0 Å². The summed E-state index contributed by atoms with van der Waals surface area (Å²) in [5.41, 5.74) is 3.29. The number of fused-ring (bicyclic) bond motifs is 2. The standard InChI is InChI=1S/C18H17N5O2S/c1-23(2)26(24,25)14-5-6-16-15(10-14)17(7-8-19-16)21-13-4-3-12-11-20-22-18(12)9-13/h3-11H,1-2H3,(H,19,21)(H,20,22). The average molecular weight is 367 g/mol. The minimum atomic E-state index is -3.51. The number of hydrogen-bond donors (Lipinski definition) is 2. The van der Waals surface area contributed by atoms with Crippen molar-refractivity contribution in [2.45, 2.75) is 4.90 Å². The molecule has 4 rings (SSSR count). The van der Waals surface area contributed by atoms with Crippen molar-refractivity contribution in [1.82, 2.24) is 19.5 Å². The molecule has 0 saturated heterocycles. The molecule has 0 atom stereocenters. The number of benzene rings is 2. The van der Waals surface area contributed by atoms with E-state index in [2.05, 4.69) is 20.5 Å². The van der Waals surface area contributed by atoms with Crippen LogP contribution in [0.15, 0.2) is 59.8 Å². The molecule has 0 spiro atoms. The average Bonchev–Trinajstić information content (AvgIpc) is 3.09. The number of rotatable bonds is 4. The minimum Gasteiger partial charge on any atom is -0.355 e. The Morgan fingerprint density at radius 1 is 1.08 bits per heavy atom. The number of nitrogens with one attached hydrogen (secondary N) is 2. The van der Waals surface area contributed by atoms with E-state index < -0.39 is 10.0 Å².